The van der Waals surface area contributed by atoms with Crippen LogP contribution in [0.1, 0.15) is 30.6 Å². The van der Waals surface area contributed by atoms with E-state index >= 15 is 0 Å². The molecule has 1 saturated heterocycles. The first-order valence-electron chi connectivity index (χ1n) is 8.02. The van der Waals surface area contributed by atoms with E-state index in [1.165, 1.54) is 15.6 Å². The van der Waals surface area contributed by atoms with Gasteiger partial charge in [-0.3, -0.25) is 4.79 Å². The maximum Gasteiger partial charge on any atom is 0.253 e. The number of hydrogen-bond acceptors (Lipinski definition) is 5. The highest BCUT2D eigenvalue weighted by atomic mass is 35.5. The number of sulfonamides is 1. The van der Waals surface area contributed by atoms with Gasteiger partial charge in [0, 0.05) is 24.0 Å². The molecule has 1 aliphatic heterocycles. The molecule has 1 amide bonds. The van der Waals surface area contributed by atoms with Crippen molar-refractivity contribution in [2.45, 2.75) is 48.9 Å². The minimum absolute atomic E-state index is 0. The molecule has 2 fully saturated rings. The smallest absolute Gasteiger partial charge is 0.253 e. The summed E-state index contributed by atoms with van der Waals surface area (Å²) in [6.07, 6.45) is 3.45. The van der Waals surface area contributed by atoms with Gasteiger partial charge in [-0.25, -0.2) is 8.42 Å². The lowest BCUT2D eigenvalue weighted by Gasteiger charge is -2.25. The number of amides is 1. The minimum Gasteiger partial charge on any atom is -0.350 e. The minimum atomic E-state index is -3.60. The van der Waals surface area contributed by atoms with Gasteiger partial charge in [0.1, 0.15) is 10.3 Å². The molecule has 3 rings (SSSR count). The zero-order valence-corrected chi connectivity index (χ0v) is 16.1. The molecular formula is C15H24ClN3O3S2. The molecule has 3 N–H and O–H groups in total. The second-order valence-corrected chi connectivity index (χ2v) is 9.73. The van der Waals surface area contributed by atoms with Gasteiger partial charge in [-0.2, -0.15) is 4.31 Å². The van der Waals surface area contributed by atoms with Crippen LogP contribution >= 0.6 is 23.7 Å². The van der Waals surface area contributed by atoms with E-state index in [4.69, 9.17) is 5.73 Å². The van der Waals surface area contributed by atoms with Crippen molar-refractivity contribution in [2.75, 3.05) is 13.1 Å². The Labute approximate surface area is 153 Å². The third kappa shape index (κ3) is 3.94. The van der Waals surface area contributed by atoms with Crippen molar-refractivity contribution in [3.63, 3.8) is 0 Å². The van der Waals surface area contributed by atoms with E-state index < -0.39 is 16.1 Å². The van der Waals surface area contributed by atoms with Gasteiger partial charge in [-0.05, 0) is 50.7 Å². The van der Waals surface area contributed by atoms with Gasteiger partial charge in [-0.1, -0.05) is 0 Å². The highest BCUT2D eigenvalue weighted by molar-refractivity contribution is 7.91. The molecule has 2 atom stereocenters. The molecule has 0 radical (unpaired) electrons. The van der Waals surface area contributed by atoms with Crippen LogP contribution in [0.4, 0.5) is 0 Å². The second kappa shape index (κ2) is 7.70. The summed E-state index contributed by atoms with van der Waals surface area (Å²) in [4.78, 5) is 13.5. The van der Waals surface area contributed by atoms with Crippen LogP contribution in [0.25, 0.3) is 0 Å². The van der Waals surface area contributed by atoms with Crippen LogP contribution < -0.4 is 11.1 Å². The van der Waals surface area contributed by atoms with Crippen molar-refractivity contribution < 1.29 is 13.2 Å². The Morgan fingerprint density at radius 2 is 2.12 bits per heavy atom. The normalized spacial score (nSPS) is 22.8. The van der Waals surface area contributed by atoms with Crippen molar-refractivity contribution in [2.24, 2.45) is 11.7 Å². The zero-order chi connectivity index (χ0) is 16.6. The summed E-state index contributed by atoms with van der Waals surface area (Å²) >= 11 is 1.25. The lowest BCUT2D eigenvalue weighted by atomic mass is 10.1. The summed E-state index contributed by atoms with van der Waals surface area (Å²) in [5.74, 6) is 0.247. The first kappa shape index (κ1) is 19.7. The fourth-order valence-corrected chi connectivity index (χ4v) is 6.17. The van der Waals surface area contributed by atoms with E-state index in [0.29, 0.717) is 36.1 Å². The molecule has 1 aliphatic carbocycles. The molecule has 0 aromatic carbocycles. The van der Waals surface area contributed by atoms with Crippen molar-refractivity contribution in [3.8, 4) is 0 Å². The summed E-state index contributed by atoms with van der Waals surface area (Å²) in [5.41, 5.74) is 5.73. The summed E-state index contributed by atoms with van der Waals surface area (Å²) < 4.78 is 27.3. The second-order valence-electron chi connectivity index (χ2n) is 6.33. The van der Waals surface area contributed by atoms with Gasteiger partial charge in [-0.15, -0.1) is 23.7 Å². The molecule has 2 unspecified atom stereocenters. The molecule has 0 spiro atoms. The van der Waals surface area contributed by atoms with Crippen molar-refractivity contribution >= 4 is 39.7 Å². The van der Waals surface area contributed by atoms with Gasteiger partial charge >= 0.3 is 0 Å². The predicted molar refractivity (Wildman–Crippen MR) is 96.9 cm³/mol. The first-order chi connectivity index (χ1) is 10.9. The predicted octanol–water partition coefficient (Wildman–Crippen LogP) is 1.48. The van der Waals surface area contributed by atoms with Crippen LogP contribution in [-0.2, 0) is 14.8 Å². The average Bonchev–Trinajstić information content (AvgIpc) is 3.05. The van der Waals surface area contributed by atoms with Gasteiger partial charge in [0.05, 0.1) is 0 Å². The van der Waals surface area contributed by atoms with Crippen LogP contribution in [0.2, 0.25) is 0 Å². The Morgan fingerprint density at radius 1 is 1.42 bits per heavy atom. The molecule has 136 valence electrons. The molecule has 1 aromatic rings. The number of nitrogens with one attached hydrogen (secondary N) is 1. The lowest BCUT2D eigenvalue weighted by molar-refractivity contribution is -0.125. The number of carbonyl (C=O) groups excluding carboxylic acids is 1. The number of rotatable bonds is 6. The topological polar surface area (TPSA) is 92.5 Å². The zero-order valence-electron chi connectivity index (χ0n) is 13.6. The van der Waals surface area contributed by atoms with Gasteiger partial charge in [0.2, 0.25) is 5.91 Å². The van der Waals surface area contributed by atoms with Crippen LogP contribution in [0.5, 0.6) is 0 Å². The summed E-state index contributed by atoms with van der Waals surface area (Å²) in [6.45, 7) is 2.67. The van der Waals surface area contributed by atoms with E-state index in [-0.39, 0.29) is 24.4 Å². The lowest BCUT2D eigenvalue weighted by Crippen LogP contribution is -2.51. The Kier molecular flexibility index (Phi) is 6.30. The highest BCUT2D eigenvalue weighted by Crippen LogP contribution is 2.33. The number of carbonyl (C=O) groups is 1. The Bertz CT molecular complexity index is 688. The number of aryl methyl sites for hydroxylation is 1. The van der Waals surface area contributed by atoms with E-state index in [9.17, 15) is 13.2 Å². The molecule has 1 saturated carbocycles. The summed E-state index contributed by atoms with van der Waals surface area (Å²) in [6, 6.07) is 2.77. The molecule has 0 bridgehead atoms. The number of halogens is 1. The van der Waals surface area contributed by atoms with Crippen LogP contribution in [0.3, 0.4) is 0 Å². The summed E-state index contributed by atoms with van der Waals surface area (Å²) in [7, 11) is -3.60. The third-order valence-corrected chi connectivity index (χ3v) is 7.93. The van der Waals surface area contributed by atoms with E-state index in [1.807, 2.05) is 6.92 Å². The van der Waals surface area contributed by atoms with E-state index in [0.717, 1.165) is 17.7 Å². The number of hydrogen-bond donors (Lipinski definition) is 2. The molecular weight excluding hydrogens is 370 g/mol. The molecule has 1 aromatic heterocycles. The van der Waals surface area contributed by atoms with Crippen molar-refractivity contribution in [1.82, 2.24) is 9.62 Å². The Morgan fingerprint density at radius 3 is 2.67 bits per heavy atom. The van der Waals surface area contributed by atoms with Crippen LogP contribution in [0.15, 0.2) is 16.3 Å². The molecule has 2 heterocycles. The van der Waals surface area contributed by atoms with Gasteiger partial charge in [0.25, 0.3) is 10.0 Å². The Balaban J connectivity index is 0.00000208. The summed E-state index contributed by atoms with van der Waals surface area (Å²) in [5, 5.41) is 2.96. The number of nitrogens with two attached hydrogens (primary N) is 1. The van der Waals surface area contributed by atoms with Crippen LogP contribution in [-0.4, -0.2) is 43.8 Å². The number of thiophene rings is 1. The SMILES string of the molecule is Cc1ccc(S(=O)(=O)N2CCCC2C(=O)NC(CN)C2CC2)s1.Cl. The quantitative estimate of drug-likeness (QED) is 0.765. The fraction of sp³-hybridized carbons (Fsp3) is 0.667. The standard InChI is InChI=1S/C15H23N3O3S2.ClH/c1-10-4-7-14(22-10)23(20,21)18-8-2-3-13(18)15(19)17-12(9-16)11-5-6-11;/h4,7,11-13H,2-3,5-6,8-9,16H2,1H3,(H,17,19);1H. The van der Waals surface area contributed by atoms with Gasteiger partial charge < -0.3 is 11.1 Å². The molecule has 6 nitrogen and oxygen atoms in total. The molecule has 2 aliphatic rings. The van der Waals surface area contributed by atoms with E-state index in [1.54, 1.807) is 12.1 Å². The number of nitrogens with zero attached hydrogens (tertiary/aromatic N) is 1. The Hall–Kier alpha value is -0.670. The molecule has 24 heavy (non-hydrogen) atoms. The van der Waals surface area contributed by atoms with E-state index in [2.05, 4.69) is 5.32 Å². The third-order valence-electron chi connectivity index (χ3n) is 4.56. The fourth-order valence-electron chi connectivity index (χ4n) is 3.10. The average molecular weight is 394 g/mol. The monoisotopic (exact) mass is 393 g/mol. The van der Waals surface area contributed by atoms with Gasteiger partial charge in [0.15, 0.2) is 0 Å². The largest absolute Gasteiger partial charge is 0.350 e. The first-order valence-corrected chi connectivity index (χ1v) is 10.3. The van der Waals surface area contributed by atoms with Crippen molar-refractivity contribution in [3.05, 3.63) is 17.0 Å². The highest BCUT2D eigenvalue weighted by Gasteiger charge is 2.41. The maximum atomic E-state index is 12.8. The molecule has 9 heteroatoms. The maximum absolute atomic E-state index is 12.8. The van der Waals surface area contributed by atoms with Crippen LogP contribution in [0, 0.1) is 12.8 Å². The van der Waals surface area contributed by atoms with Crippen molar-refractivity contribution in [1.29, 1.82) is 0 Å².